The number of nitriles is 1. The predicted molar refractivity (Wildman–Crippen MR) is 143 cm³/mol. The van der Waals surface area contributed by atoms with Gasteiger partial charge in [0, 0.05) is 12.6 Å². The average molecular weight is 540 g/mol. The third kappa shape index (κ3) is 5.78. The van der Waals surface area contributed by atoms with E-state index in [2.05, 4.69) is 23.6 Å². The number of carboxylic acids is 1. The zero-order valence-electron chi connectivity index (χ0n) is 21.9. The Morgan fingerprint density at radius 1 is 1.13 bits per heavy atom. The van der Waals surface area contributed by atoms with Crippen molar-refractivity contribution < 1.29 is 29.0 Å². The molecule has 38 heavy (non-hydrogen) atoms. The first-order valence-corrected chi connectivity index (χ1v) is 13.6. The van der Waals surface area contributed by atoms with E-state index in [1.807, 2.05) is 0 Å². The molecule has 2 aliphatic rings. The number of benzene rings is 1. The van der Waals surface area contributed by atoms with Crippen LogP contribution in [-0.2, 0) is 4.79 Å². The first-order valence-electron chi connectivity index (χ1n) is 12.8. The largest absolute Gasteiger partial charge is 0.496 e. The summed E-state index contributed by atoms with van der Waals surface area (Å²) in [6.45, 7) is 4.48. The molecule has 2 amide bonds. The van der Waals surface area contributed by atoms with Gasteiger partial charge in [0.05, 0.1) is 35.4 Å². The molecule has 0 spiro atoms. The van der Waals surface area contributed by atoms with Crippen LogP contribution in [0.3, 0.4) is 0 Å². The van der Waals surface area contributed by atoms with Crippen molar-refractivity contribution >= 4 is 34.8 Å². The zero-order chi connectivity index (χ0) is 27.5. The number of nitrogens with zero attached hydrogens (tertiary/aromatic N) is 1. The Labute approximate surface area is 226 Å². The van der Waals surface area contributed by atoms with Crippen LogP contribution in [-0.4, -0.2) is 42.6 Å². The molecule has 9 nitrogen and oxygen atoms in total. The van der Waals surface area contributed by atoms with Crippen molar-refractivity contribution in [3.05, 3.63) is 39.6 Å². The molecule has 0 radical (unpaired) electrons. The van der Waals surface area contributed by atoms with E-state index >= 15 is 0 Å². The minimum absolute atomic E-state index is 0.132. The number of amides is 2. The van der Waals surface area contributed by atoms with Gasteiger partial charge in [0.2, 0.25) is 0 Å². The first kappa shape index (κ1) is 27.5. The van der Waals surface area contributed by atoms with Gasteiger partial charge in [-0.1, -0.05) is 13.3 Å². The maximum atomic E-state index is 13.3. The quantitative estimate of drug-likeness (QED) is 0.397. The fourth-order valence-corrected chi connectivity index (χ4v) is 5.70. The van der Waals surface area contributed by atoms with E-state index in [0.29, 0.717) is 42.8 Å². The van der Waals surface area contributed by atoms with Crippen LogP contribution in [0.2, 0.25) is 0 Å². The molecule has 0 bridgehead atoms. The summed E-state index contributed by atoms with van der Waals surface area (Å²) >= 11 is 1.25. The average Bonchev–Trinajstić information content (AvgIpc) is 3.35. The molecule has 1 heterocycles. The number of aliphatic carboxylic acids is 1. The van der Waals surface area contributed by atoms with Crippen LogP contribution in [0.25, 0.3) is 0 Å². The van der Waals surface area contributed by atoms with Crippen molar-refractivity contribution in [2.45, 2.75) is 64.9 Å². The third-order valence-electron chi connectivity index (χ3n) is 7.87. The van der Waals surface area contributed by atoms with Gasteiger partial charge >= 0.3 is 5.97 Å². The Hall–Kier alpha value is -3.58. The third-order valence-corrected chi connectivity index (χ3v) is 8.78. The molecule has 2 saturated carbocycles. The van der Waals surface area contributed by atoms with Gasteiger partial charge in [-0.05, 0) is 68.4 Å². The molecule has 3 N–H and O–H groups in total. The van der Waals surface area contributed by atoms with Gasteiger partial charge < -0.3 is 25.2 Å². The second kappa shape index (κ2) is 11.0. The molecule has 0 saturated heterocycles. The molecular weight excluding hydrogens is 506 g/mol. The van der Waals surface area contributed by atoms with Gasteiger partial charge in [0.1, 0.15) is 22.4 Å². The fourth-order valence-electron chi connectivity index (χ4n) is 4.94. The van der Waals surface area contributed by atoms with E-state index in [0.717, 1.165) is 12.8 Å². The number of thiophene rings is 1. The van der Waals surface area contributed by atoms with Gasteiger partial charge in [0.25, 0.3) is 11.8 Å². The molecule has 2 aliphatic carbocycles. The standard InChI is InChI=1S/C28H33N3O6S/c1-27(8-4-9-27)16-30-25(33)23-20(7-12-38-23)31-24(32)19-14-21(17(15-29)13-22(19)36-3)37-18-5-10-28(2,11-6-18)26(34)35/h7,12-14,18H,4-6,8-11,16H2,1-3H3,(H,30,33)(H,31,32)(H,34,35)/t18-,28+. The number of methoxy groups -OCH3 is 1. The molecule has 1 aromatic heterocycles. The lowest BCUT2D eigenvalue weighted by Gasteiger charge is -2.38. The summed E-state index contributed by atoms with van der Waals surface area (Å²) in [7, 11) is 1.41. The Balaban J connectivity index is 1.49. The maximum absolute atomic E-state index is 13.3. The highest BCUT2D eigenvalue weighted by molar-refractivity contribution is 7.12. The monoisotopic (exact) mass is 539 g/mol. The van der Waals surface area contributed by atoms with Gasteiger partial charge in [-0.15, -0.1) is 11.3 Å². The summed E-state index contributed by atoms with van der Waals surface area (Å²) in [5.74, 6) is -1.12. The molecule has 0 unspecified atom stereocenters. The number of carbonyl (C=O) groups excluding carboxylic acids is 2. The Morgan fingerprint density at radius 2 is 1.84 bits per heavy atom. The van der Waals surface area contributed by atoms with Gasteiger partial charge in [0.15, 0.2) is 0 Å². The van der Waals surface area contributed by atoms with Crippen LogP contribution < -0.4 is 20.1 Å². The number of ether oxygens (including phenoxy) is 2. The van der Waals surface area contributed by atoms with Crippen molar-refractivity contribution in [3.63, 3.8) is 0 Å². The van der Waals surface area contributed by atoms with Gasteiger partial charge in [-0.25, -0.2) is 0 Å². The van der Waals surface area contributed by atoms with E-state index < -0.39 is 17.3 Å². The molecule has 2 aromatic rings. The number of nitrogens with one attached hydrogen (secondary N) is 2. The number of anilines is 1. The van der Waals surface area contributed by atoms with Crippen molar-refractivity contribution in [1.82, 2.24) is 5.32 Å². The van der Waals surface area contributed by atoms with Crippen molar-refractivity contribution in [1.29, 1.82) is 5.26 Å². The second-order valence-corrected chi connectivity index (χ2v) is 11.7. The lowest BCUT2D eigenvalue weighted by Crippen LogP contribution is -2.39. The van der Waals surface area contributed by atoms with E-state index in [1.54, 1.807) is 18.4 Å². The Bertz CT molecular complexity index is 1270. The number of hydrogen-bond donors (Lipinski definition) is 3. The molecule has 2 fully saturated rings. The zero-order valence-corrected chi connectivity index (χ0v) is 22.7. The summed E-state index contributed by atoms with van der Waals surface area (Å²) in [5, 5.41) is 26.7. The highest BCUT2D eigenvalue weighted by Crippen LogP contribution is 2.40. The van der Waals surface area contributed by atoms with E-state index in [9.17, 15) is 24.8 Å². The summed E-state index contributed by atoms with van der Waals surface area (Å²) in [5.41, 5.74) is 0.110. The topological polar surface area (TPSA) is 138 Å². The van der Waals surface area contributed by atoms with E-state index in [4.69, 9.17) is 9.47 Å². The van der Waals surface area contributed by atoms with Gasteiger partial charge in [-0.3, -0.25) is 14.4 Å². The molecule has 0 atom stereocenters. The Morgan fingerprint density at radius 3 is 2.42 bits per heavy atom. The summed E-state index contributed by atoms with van der Waals surface area (Å²) < 4.78 is 11.5. The van der Waals surface area contributed by atoms with E-state index in [1.165, 1.54) is 37.0 Å². The molecule has 202 valence electrons. The van der Waals surface area contributed by atoms with Crippen molar-refractivity contribution in [2.75, 3.05) is 19.0 Å². The predicted octanol–water partition coefficient (Wildman–Crippen LogP) is 5.21. The molecule has 1 aromatic carbocycles. The smallest absolute Gasteiger partial charge is 0.309 e. The first-order chi connectivity index (χ1) is 18.1. The molecule has 4 rings (SSSR count). The minimum Gasteiger partial charge on any atom is -0.496 e. The van der Waals surface area contributed by atoms with Gasteiger partial charge in [-0.2, -0.15) is 5.26 Å². The number of rotatable bonds is 9. The van der Waals surface area contributed by atoms with Crippen molar-refractivity contribution in [3.8, 4) is 17.6 Å². The molecule has 0 aliphatic heterocycles. The fraction of sp³-hybridized carbons (Fsp3) is 0.500. The highest BCUT2D eigenvalue weighted by Gasteiger charge is 2.38. The maximum Gasteiger partial charge on any atom is 0.309 e. The Kier molecular flexibility index (Phi) is 7.97. The van der Waals surface area contributed by atoms with Crippen LogP contribution in [0.15, 0.2) is 23.6 Å². The molecule has 10 heteroatoms. The van der Waals surface area contributed by atoms with Crippen molar-refractivity contribution in [2.24, 2.45) is 10.8 Å². The van der Waals surface area contributed by atoms with Crippen LogP contribution in [0.1, 0.15) is 84.4 Å². The van der Waals surface area contributed by atoms with Crippen LogP contribution in [0.4, 0.5) is 5.69 Å². The highest BCUT2D eigenvalue weighted by atomic mass is 32.1. The van der Waals surface area contributed by atoms with Crippen LogP contribution in [0, 0.1) is 22.2 Å². The summed E-state index contributed by atoms with van der Waals surface area (Å²) in [4.78, 5) is 38.1. The lowest BCUT2D eigenvalue weighted by atomic mass is 9.70. The minimum atomic E-state index is -0.823. The van der Waals surface area contributed by atoms with Crippen LogP contribution in [0.5, 0.6) is 11.5 Å². The second-order valence-electron chi connectivity index (χ2n) is 10.8. The summed E-state index contributed by atoms with van der Waals surface area (Å²) in [6, 6.07) is 6.69. The number of carbonyl (C=O) groups is 3. The number of hydrogen-bond acceptors (Lipinski definition) is 7. The summed E-state index contributed by atoms with van der Waals surface area (Å²) in [6.07, 6.45) is 5.03. The van der Waals surface area contributed by atoms with E-state index in [-0.39, 0.29) is 40.1 Å². The lowest BCUT2D eigenvalue weighted by molar-refractivity contribution is -0.150. The SMILES string of the molecule is COc1cc(C#N)c(O[C@H]2CC[C@@](C)(C(=O)O)CC2)cc1C(=O)Nc1ccsc1C(=O)NCC1(C)CCC1. The van der Waals surface area contributed by atoms with Crippen LogP contribution >= 0.6 is 11.3 Å². The normalized spacial score (nSPS) is 21.9. The number of carboxylic acid groups (broad SMARTS) is 1. The molecular formula is C28H33N3O6S.